The normalized spacial score (nSPS) is 15.6. The van der Waals surface area contributed by atoms with Crippen LogP contribution < -0.4 is 15.2 Å². The Morgan fingerprint density at radius 3 is 2.60 bits per heavy atom. The zero-order valence-electron chi connectivity index (χ0n) is 13.3. The van der Waals surface area contributed by atoms with E-state index >= 15 is 0 Å². The zero-order chi connectivity index (χ0) is 18.0. The molecule has 0 bridgehead atoms. The molecular formula is C18H15ClN2O4. The Labute approximate surface area is 149 Å². The highest BCUT2D eigenvalue weighted by atomic mass is 35.5. The number of amides is 2. The molecule has 0 saturated carbocycles. The van der Waals surface area contributed by atoms with Crippen molar-refractivity contribution in [3.63, 3.8) is 0 Å². The summed E-state index contributed by atoms with van der Waals surface area (Å²) in [6.07, 6.45) is 1.45. The van der Waals surface area contributed by atoms with E-state index in [1.807, 2.05) is 0 Å². The van der Waals surface area contributed by atoms with Crippen molar-refractivity contribution in [2.24, 2.45) is 0 Å². The Morgan fingerprint density at radius 1 is 1.20 bits per heavy atom. The molecule has 6 nitrogen and oxygen atoms in total. The first-order valence-electron chi connectivity index (χ1n) is 7.58. The first kappa shape index (κ1) is 16.9. The highest BCUT2D eigenvalue weighted by Gasteiger charge is 2.34. The Balaban J connectivity index is 1.91. The van der Waals surface area contributed by atoms with E-state index in [1.165, 1.54) is 12.1 Å². The molecule has 0 atom stereocenters. The van der Waals surface area contributed by atoms with Crippen LogP contribution in [0.4, 0.5) is 5.69 Å². The number of aromatic hydroxyl groups is 1. The minimum atomic E-state index is -0.508. The zero-order valence-corrected chi connectivity index (χ0v) is 14.1. The Hall–Kier alpha value is -2.99. The summed E-state index contributed by atoms with van der Waals surface area (Å²) in [5.41, 5.74) is 3.58. The number of phenols is 1. The lowest BCUT2D eigenvalue weighted by atomic mass is 10.1. The number of nitrogens with zero attached hydrogens (tertiary/aromatic N) is 1. The van der Waals surface area contributed by atoms with Crippen molar-refractivity contribution in [3.05, 3.63) is 58.6 Å². The van der Waals surface area contributed by atoms with Gasteiger partial charge in [0, 0.05) is 5.02 Å². The topological polar surface area (TPSA) is 78.9 Å². The van der Waals surface area contributed by atoms with Crippen molar-refractivity contribution in [1.82, 2.24) is 5.43 Å². The van der Waals surface area contributed by atoms with E-state index in [0.717, 1.165) is 5.01 Å². The summed E-state index contributed by atoms with van der Waals surface area (Å²) < 4.78 is 5.31. The molecule has 2 amide bonds. The van der Waals surface area contributed by atoms with E-state index in [9.17, 15) is 14.7 Å². The fourth-order valence-electron chi connectivity index (χ4n) is 2.39. The second kappa shape index (κ2) is 6.86. The van der Waals surface area contributed by atoms with Gasteiger partial charge in [0.15, 0.2) is 11.5 Å². The monoisotopic (exact) mass is 358 g/mol. The largest absolute Gasteiger partial charge is 0.504 e. The molecular weight excluding hydrogens is 344 g/mol. The summed E-state index contributed by atoms with van der Waals surface area (Å²) in [5, 5.41) is 11.4. The van der Waals surface area contributed by atoms with Gasteiger partial charge in [0.2, 0.25) is 0 Å². The summed E-state index contributed by atoms with van der Waals surface area (Å²) in [7, 11) is 0. The van der Waals surface area contributed by atoms with Crippen molar-refractivity contribution < 1.29 is 19.4 Å². The van der Waals surface area contributed by atoms with E-state index in [0.29, 0.717) is 22.9 Å². The molecule has 0 aliphatic carbocycles. The lowest BCUT2D eigenvalue weighted by Gasteiger charge is -2.14. The molecule has 0 unspecified atom stereocenters. The van der Waals surface area contributed by atoms with Crippen molar-refractivity contribution in [2.45, 2.75) is 6.92 Å². The molecule has 0 radical (unpaired) electrons. The first-order valence-corrected chi connectivity index (χ1v) is 7.96. The number of ether oxygens (including phenoxy) is 1. The number of halogens is 1. The standard InChI is InChI=1S/C18H15ClN2O4/c1-2-25-16-10-11(3-8-15(16)22)9-14-17(23)20-21(18(14)24)13-6-4-12(19)5-7-13/h3-10,22H,2H2,1H3,(H,20,23). The predicted molar refractivity (Wildman–Crippen MR) is 94.3 cm³/mol. The van der Waals surface area contributed by atoms with Gasteiger partial charge in [0.1, 0.15) is 5.57 Å². The van der Waals surface area contributed by atoms with Crippen LogP contribution in [0.2, 0.25) is 5.02 Å². The van der Waals surface area contributed by atoms with Crippen LogP contribution in [-0.2, 0) is 9.59 Å². The molecule has 2 aromatic carbocycles. The highest BCUT2D eigenvalue weighted by Crippen LogP contribution is 2.29. The van der Waals surface area contributed by atoms with Gasteiger partial charge in [-0.15, -0.1) is 0 Å². The summed E-state index contributed by atoms with van der Waals surface area (Å²) in [4.78, 5) is 24.7. The lowest BCUT2D eigenvalue weighted by Crippen LogP contribution is -2.35. The maximum absolute atomic E-state index is 12.5. The molecule has 3 rings (SSSR count). The maximum atomic E-state index is 12.5. The van der Waals surface area contributed by atoms with Crippen LogP contribution in [0.25, 0.3) is 6.08 Å². The van der Waals surface area contributed by atoms with Crippen molar-refractivity contribution >= 4 is 35.2 Å². The first-order chi connectivity index (χ1) is 12.0. The molecule has 1 aliphatic rings. The van der Waals surface area contributed by atoms with Gasteiger partial charge >= 0.3 is 0 Å². The summed E-state index contributed by atoms with van der Waals surface area (Å²) in [6, 6.07) is 11.1. The average Bonchev–Trinajstić information content (AvgIpc) is 2.87. The number of hydrazine groups is 1. The van der Waals surface area contributed by atoms with E-state index in [-0.39, 0.29) is 17.1 Å². The third-order valence-electron chi connectivity index (χ3n) is 3.57. The molecule has 2 N–H and O–H groups in total. The molecule has 1 saturated heterocycles. The molecule has 1 aliphatic heterocycles. The lowest BCUT2D eigenvalue weighted by molar-refractivity contribution is -0.117. The van der Waals surface area contributed by atoms with Crippen LogP contribution in [0, 0.1) is 0 Å². The minimum absolute atomic E-state index is 0.00556. The number of hydrogen-bond donors (Lipinski definition) is 2. The minimum Gasteiger partial charge on any atom is -0.504 e. The number of hydrogen-bond acceptors (Lipinski definition) is 4. The predicted octanol–water partition coefficient (Wildman–Crippen LogP) is 2.91. The van der Waals surface area contributed by atoms with Gasteiger partial charge in [0.05, 0.1) is 12.3 Å². The second-order valence-electron chi connectivity index (χ2n) is 5.28. The van der Waals surface area contributed by atoms with Crippen LogP contribution in [-0.4, -0.2) is 23.5 Å². The van der Waals surface area contributed by atoms with Crippen LogP contribution in [0.5, 0.6) is 11.5 Å². The summed E-state index contributed by atoms with van der Waals surface area (Å²) in [5.74, 6) is -0.699. The smallest absolute Gasteiger partial charge is 0.282 e. The Bertz CT molecular complexity index is 862. The third-order valence-corrected chi connectivity index (χ3v) is 3.82. The SMILES string of the molecule is CCOc1cc(C=C2C(=O)NN(c3ccc(Cl)cc3)C2=O)ccc1O. The summed E-state index contributed by atoms with van der Waals surface area (Å²) in [6.45, 7) is 2.18. The molecule has 0 spiro atoms. The number of rotatable bonds is 4. The fraction of sp³-hybridized carbons (Fsp3) is 0.111. The number of carbonyl (C=O) groups excluding carboxylic acids is 2. The maximum Gasteiger partial charge on any atom is 0.282 e. The van der Waals surface area contributed by atoms with Crippen LogP contribution >= 0.6 is 11.6 Å². The van der Waals surface area contributed by atoms with Gasteiger partial charge in [0.25, 0.3) is 11.8 Å². The van der Waals surface area contributed by atoms with Gasteiger partial charge in [-0.3, -0.25) is 15.0 Å². The second-order valence-corrected chi connectivity index (χ2v) is 5.71. The van der Waals surface area contributed by atoms with Crippen molar-refractivity contribution in [3.8, 4) is 11.5 Å². The molecule has 1 heterocycles. The fourth-order valence-corrected chi connectivity index (χ4v) is 2.51. The van der Waals surface area contributed by atoms with Gasteiger partial charge in [-0.25, -0.2) is 5.01 Å². The van der Waals surface area contributed by atoms with E-state index in [2.05, 4.69) is 5.43 Å². The molecule has 128 valence electrons. The van der Waals surface area contributed by atoms with Crippen molar-refractivity contribution in [2.75, 3.05) is 11.6 Å². The van der Waals surface area contributed by atoms with Crippen LogP contribution in [0.3, 0.4) is 0 Å². The van der Waals surface area contributed by atoms with Crippen LogP contribution in [0.1, 0.15) is 12.5 Å². The molecule has 0 aromatic heterocycles. The third kappa shape index (κ3) is 3.44. The average molecular weight is 359 g/mol. The van der Waals surface area contributed by atoms with Gasteiger partial charge < -0.3 is 9.84 Å². The molecule has 2 aromatic rings. The number of carbonyl (C=O) groups is 2. The number of benzene rings is 2. The van der Waals surface area contributed by atoms with Crippen LogP contribution in [0.15, 0.2) is 48.0 Å². The van der Waals surface area contributed by atoms with Gasteiger partial charge in [-0.2, -0.15) is 0 Å². The van der Waals surface area contributed by atoms with E-state index in [1.54, 1.807) is 43.3 Å². The molecule has 1 fully saturated rings. The van der Waals surface area contributed by atoms with Crippen molar-refractivity contribution in [1.29, 1.82) is 0 Å². The van der Waals surface area contributed by atoms with E-state index < -0.39 is 11.8 Å². The van der Waals surface area contributed by atoms with Gasteiger partial charge in [-0.1, -0.05) is 17.7 Å². The Morgan fingerprint density at radius 2 is 1.92 bits per heavy atom. The number of phenolic OH excluding ortho intramolecular Hbond substituents is 1. The number of anilines is 1. The quantitative estimate of drug-likeness (QED) is 0.650. The molecule has 7 heteroatoms. The Kier molecular flexibility index (Phi) is 4.63. The highest BCUT2D eigenvalue weighted by molar-refractivity contribution is 6.32. The van der Waals surface area contributed by atoms with E-state index in [4.69, 9.17) is 16.3 Å². The summed E-state index contributed by atoms with van der Waals surface area (Å²) >= 11 is 5.84. The molecule has 25 heavy (non-hydrogen) atoms. The number of nitrogens with one attached hydrogen (secondary N) is 1. The van der Waals surface area contributed by atoms with Gasteiger partial charge in [-0.05, 0) is 55.0 Å².